The van der Waals surface area contributed by atoms with Crippen molar-refractivity contribution in [1.29, 1.82) is 0 Å². The highest BCUT2D eigenvalue weighted by atomic mass is 28.4. The van der Waals surface area contributed by atoms with Gasteiger partial charge in [0.25, 0.3) is 8.32 Å². The van der Waals surface area contributed by atoms with Crippen LogP contribution in [0.1, 0.15) is 59.3 Å². The Morgan fingerprint density at radius 2 is 1.67 bits per heavy atom. The van der Waals surface area contributed by atoms with Gasteiger partial charge in [0, 0.05) is 26.6 Å². The number of aliphatic hydroxyl groups is 2. The SMILES string of the molecule is COC1(C#CCCO)CCC(CCC(O)CCO[Si](c2ccccc2)(c2ccccc2)C(C)(C)C)O1. The van der Waals surface area contributed by atoms with Crippen molar-refractivity contribution in [2.24, 2.45) is 0 Å². The van der Waals surface area contributed by atoms with Crippen molar-refractivity contribution in [3.05, 3.63) is 60.7 Å². The van der Waals surface area contributed by atoms with Gasteiger partial charge in [-0.05, 0) is 47.0 Å². The molecule has 0 radical (unpaired) electrons. The molecule has 196 valence electrons. The Labute approximate surface area is 217 Å². The van der Waals surface area contributed by atoms with Gasteiger partial charge in [-0.1, -0.05) is 87.4 Å². The first-order valence-electron chi connectivity index (χ1n) is 13.0. The Morgan fingerprint density at radius 1 is 1.06 bits per heavy atom. The fraction of sp³-hybridized carbons (Fsp3) is 0.533. The molecule has 2 N–H and O–H groups in total. The van der Waals surface area contributed by atoms with E-state index in [1.807, 2.05) is 12.1 Å². The van der Waals surface area contributed by atoms with Crippen molar-refractivity contribution < 1.29 is 24.1 Å². The van der Waals surface area contributed by atoms with Crippen LogP contribution in [0.15, 0.2) is 60.7 Å². The molecule has 36 heavy (non-hydrogen) atoms. The first-order valence-corrected chi connectivity index (χ1v) is 14.9. The minimum atomic E-state index is -2.59. The van der Waals surface area contributed by atoms with Crippen LogP contribution in [0, 0.1) is 11.8 Å². The molecule has 1 heterocycles. The molecular weight excluding hydrogens is 468 g/mol. The fourth-order valence-electron chi connectivity index (χ4n) is 5.12. The first-order chi connectivity index (χ1) is 17.3. The lowest BCUT2D eigenvalue weighted by Gasteiger charge is -2.43. The molecule has 0 spiro atoms. The average Bonchev–Trinajstić information content (AvgIpc) is 3.29. The molecule has 5 nitrogen and oxygen atoms in total. The van der Waals surface area contributed by atoms with Crippen LogP contribution in [0.5, 0.6) is 0 Å². The third kappa shape index (κ3) is 6.86. The van der Waals surface area contributed by atoms with Gasteiger partial charge in [0.05, 0.1) is 18.8 Å². The number of methoxy groups -OCH3 is 1. The van der Waals surface area contributed by atoms with Gasteiger partial charge in [-0.3, -0.25) is 0 Å². The van der Waals surface area contributed by atoms with Crippen LogP contribution < -0.4 is 10.4 Å². The van der Waals surface area contributed by atoms with Crippen molar-refractivity contribution in [3.63, 3.8) is 0 Å². The molecule has 0 aromatic heterocycles. The highest BCUT2D eigenvalue weighted by molar-refractivity contribution is 6.99. The summed E-state index contributed by atoms with van der Waals surface area (Å²) in [7, 11) is -0.986. The van der Waals surface area contributed by atoms with Crippen LogP contribution in [-0.2, 0) is 13.9 Å². The molecule has 0 aliphatic carbocycles. The molecule has 0 amide bonds. The summed E-state index contributed by atoms with van der Waals surface area (Å²) in [6.07, 6.45) is 3.43. The van der Waals surface area contributed by atoms with E-state index >= 15 is 0 Å². The van der Waals surface area contributed by atoms with Gasteiger partial charge in [-0.25, -0.2) is 0 Å². The Hall–Kier alpha value is -1.98. The number of hydrogen-bond acceptors (Lipinski definition) is 5. The fourth-order valence-corrected chi connectivity index (χ4v) is 9.70. The summed E-state index contributed by atoms with van der Waals surface area (Å²) < 4.78 is 18.5. The monoisotopic (exact) mass is 510 g/mol. The second-order valence-electron chi connectivity index (χ2n) is 10.5. The Kier molecular flexibility index (Phi) is 10.3. The number of rotatable bonds is 11. The molecule has 3 rings (SSSR count). The normalized spacial score (nSPS) is 21.1. The van der Waals surface area contributed by atoms with E-state index in [9.17, 15) is 5.11 Å². The highest BCUT2D eigenvalue weighted by Gasteiger charge is 2.50. The largest absolute Gasteiger partial charge is 0.407 e. The second kappa shape index (κ2) is 13.0. The maximum Gasteiger partial charge on any atom is 0.261 e. The standard InChI is InChI=1S/C30H42O5Si/c1-29(2,3)36(27-13-7-5-8-14-27,28-15-9-6-10-16-28)34-24-20-25(32)17-18-26-19-22-30(33-4,35-26)21-11-12-23-31/h5-10,13-16,25-26,31-32H,12,17-20,22-24H2,1-4H3. The highest BCUT2D eigenvalue weighted by Crippen LogP contribution is 2.37. The lowest BCUT2D eigenvalue weighted by molar-refractivity contribution is -0.171. The summed E-state index contributed by atoms with van der Waals surface area (Å²) in [5.74, 6) is 5.06. The number of benzene rings is 2. The number of aliphatic hydroxyl groups excluding tert-OH is 2. The number of ether oxygens (including phenoxy) is 2. The Morgan fingerprint density at radius 3 is 2.19 bits per heavy atom. The van der Waals surface area contributed by atoms with E-state index in [2.05, 4.69) is 81.1 Å². The molecule has 1 fully saturated rings. The predicted octanol–water partition coefficient (Wildman–Crippen LogP) is 4.00. The van der Waals surface area contributed by atoms with E-state index in [0.29, 0.717) is 32.3 Å². The maximum atomic E-state index is 10.8. The molecule has 2 aromatic rings. The quantitative estimate of drug-likeness (QED) is 0.353. The molecule has 1 aliphatic heterocycles. The van der Waals surface area contributed by atoms with Gasteiger partial charge in [0.15, 0.2) is 0 Å². The minimum Gasteiger partial charge on any atom is -0.407 e. The molecule has 0 saturated carbocycles. The predicted molar refractivity (Wildman–Crippen MR) is 147 cm³/mol. The lowest BCUT2D eigenvalue weighted by atomic mass is 10.1. The molecule has 1 aliphatic rings. The van der Waals surface area contributed by atoms with Gasteiger partial charge in [0.1, 0.15) is 0 Å². The van der Waals surface area contributed by atoms with Crippen molar-refractivity contribution in [2.75, 3.05) is 20.3 Å². The van der Waals surface area contributed by atoms with Crippen LogP contribution in [0.4, 0.5) is 0 Å². The Bertz CT molecular complexity index is 940. The summed E-state index contributed by atoms with van der Waals surface area (Å²) in [5.41, 5.74) is 0. The molecular formula is C30H42O5Si. The smallest absolute Gasteiger partial charge is 0.261 e. The van der Waals surface area contributed by atoms with E-state index in [-0.39, 0.29) is 17.7 Å². The zero-order valence-corrected chi connectivity index (χ0v) is 23.2. The van der Waals surface area contributed by atoms with E-state index in [0.717, 1.165) is 12.8 Å². The van der Waals surface area contributed by atoms with Gasteiger partial charge in [-0.2, -0.15) is 0 Å². The number of hydrogen-bond donors (Lipinski definition) is 2. The minimum absolute atomic E-state index is 0.000577. The summed E-state index contributed by atoms with van der Waals surface area (Å²) >= 11 is 0. The third-order valence-electron chi connectivity index (χ3n) is 7.01. The third-order valence-corrected chi connectivity index (χ3v) is 12.0. The molecule has 6 heteroatoms. The van der Waals surface area contributed by atoms with Crippen LogP contribution in [-0.4, -0.2) is 56.8 Å². The van der Waals surface area contributed by atoms with Crippen LogP contribution in [0.25, 0.3) is 0 Å². The lowest BCUT2D eigenvalue weighted by Crippen LogP contribution is -2.66. The average molecular weight is 511 g/mol. The van der Waals surface area contributed by atoms with Gasteiger partial charge >= 0.3 is 0 Å². The van der Waals surface area contributed by atoms with Gasteiger partial charge in [0.2, 0.25) is 5.79 Å². The van der Waals surface area contributed by atoms with Crippen LogP contribution >= 0.6 is 0 Å². The van der Waals surface area contributed by atoms with E-state index in [1.165, 1.54) is 10.4 Å². The van der Waals surface area contributed by atoms with Crippen LogP contribution in [0.3, 0.4) is 0 Å². The summed E-state index contributed by atoms with van der Waals surface area (Å²) in [6, 6.07) is 21.2. The summed E-state index contributed by atoms with van der Waals surface area (Å²) in [5, 5.41) is 22.2. The summed E-state index contributed by atoms with van der Waals surface area (Å²) in [4.78, 5) is 0. The van der Waals surface area contributed by atoms with E-state index in [1.54, 1.807) is 7.11 Å². The van der Waals surface area contributed by atoms with Crippen molar-refractivity contribution in [1.82, 2.24) is 0 Å². The zero-order chi connectivity index (χ0) is 26.1. The van der Waals surface area contributed by atoms with Gasteiger partial charge in [-0.15, -0.1) is 0 Å². The molecule has 1 saturated heterocycles. The van der Waals surface area contributed by atoms with E-state index < -0.39 is 20.2 Å². The first kappa shape index (κ1) is 28.6. The van der Waals surface area contributed by atoms with Crippen LogP contribution in [0.2, 0.25) is 5.04 Å². The van der Waals surface area contributed by atoms with Gasteiger partial charge < -0.3 is 24.1 Å². The molecule has 3 unspecified atom stereocenters. The molecule has 3 atom stereocenters. The van der Waals surface area contributed by atoms with Crippen molar-refractivity contribution >= 4 is 18.7 Å². The summed E-state index contributed by atoms with van der Waals surface area (Å²) in [6.45, 7) is 7.31. The molecule has 0 bridgehead atoms. The molecule has 2 aromatic carbocycles. The maximum absolute atomic E-state index is 10.8. The topological polar surface area (TPSA) is 68.2 Å². The zero-order valence-electron chi connectivity index (χ0n) is 22.2. The van der Waals surface area contributed by atoms with Crippen molar-refractivity contribution in [3.8, 4) is 11.8 Å². The van der Waals surface area contributed by atoms with Crippen molar-refractivity contribution in [2.45, 2.75) is 82.3 Å². The second-order valence-corrected chi connectivity index (χ2v) is 14.8. The Balaban J connectivity index is 1.62. The van der Waals surface area contributed by atoms with E-state index in [4.69, 9.17) is 19.0 Å².